The summed E-state index contributed by atoms with van der Waals surface area (Å²) in [5.41, 5.74) is 2.64. The lowest BCUT2D eigenvalue weighted by Crippen LogP contribution is -2.58. The molecule has 0 radical (unpaired) electrons. The number of thioether (sulfide) groups is 1. The second-order valence-electron chi connectivity index (χ2n) is 13.7. The Morgan fingerprint density at radius 1 is 0.902 bits per heavy atom. The molecule has 51 heavy (non-hydrogen) atoms. The number of anilines is 1. The zero-order chi connectivity index (χ0) is 35.7. The van der Waals surface area contributed by atoms with Gasteiger partial charge in [-0.3, -0.25) is 14.4 Å². The molecule has 7 atom stereocenters. The van der Waals surface area contributed by atoms with Crippen LogP contribution in [0.3, 0.4) is 0 Å². The molecule has 262 valence electrons. The van der Waals surface area contributed by atoms with Crippen molar-refractivity contribution >= 4 is 61.9 Å². The fourth-order valence-electron chi connectivity index (χ4n) is 8.51. The molecule has 2 bridgehead atoms. The molecule has 3 amide bonds. The number of amides is 3. The summed E-state index contributed by atoms with van der Waals surface area (Å²) in [6, 6.07) is 31.9. The van der Waals surface area contributed by atoms with Gasteiger partial charge in [0.2, 0.25) is 11.8 Å². The maximum Gasteiger partial charge on any atom is 0.251 e. The van der Waals surface area contributed by atoms with Crippen LogP contribution in [0.5, 0.6) is 0 Å². The molecule has 0 aromatic heterocycles. The van der Waals surface area contributed by atoms with E-state index in [1.165, 1.54) is 0 Å². The Bertz CT molecular complexity index is 1940. The molecule has 0 aliphatic carbocycles. The Morgan fingerprint density at radius 3 is 2.22 bits per heavy atom. The van der Waals surface area contributed by atoms with E-state index in [2.05, 4.69) is 29.1 Å². The standard InChI is InChI=1S/C42H42BrN3O4S/c1-3-21-44(26-29-15-9-6-10-16-29)39(48)35-36-40(49)46(33(27-47)23-28-13-7-5-8-14-28)38(42(36)25-34(43)37(35)51-42)41(50)45(22-4-2)32-20-19-30-17-11-12-18-31(30)24-32/h3-20,24,33-38,47H,1-2,21-23,25-27H2/t33-,34?,35+,36+,37+,38?,42?/m1/s1. The number of hydrogen-bond acceptors (Lipinski definition) is 5. The number of carbonyl (C=O) groups excluding carboxylic acids is 3. The summed E-state index contributed by atoms with van der Waals surface area (Å²) in [7, 11) is 0. The van der Waals surface area contributed by atoms with Gasteiger partial charge in [-0.2, -0.15) is 0 Å². The van der Waals surface area contributed by atoms with Gasteiger partial charge in [-0.1, -0.05) is 119 Å². The Morgan fingerprint density at radius 2 is 1.55 bits per heavy atom. The zero-order valence-electron chi connectivity index (χ0n) is 28.4. The van der Waals surface area contributed by atoms with Gasteiger partial charge in [0.05, 0.1) is 29.2 Å². The fourth-order valence-corrected chi connectivity index (χ4v) is 12.1. The highest BCUT2D eigenvalue weighted by Gasteiger charge is 2.76. The van der Waals surface area contributed by atoms with Crippen molar-refractivity contribution in [1.82, 2.24) is 9.80 Å². The van der Waals surface area contributed by atoms with E-state index in [1.54, 1.807) is 38.6 Å². The Labute approximate surface area is 312 Å². The number of aliphatic hydroxyl groups is 1. The van der Waals surface area contributed by atoms with Gasteiger partial charge in [0.1, 0.15) is 6.04 Å². The minimum Gasteiger partial charge on any atom is -0.394 e. The molecular formula is C42H42BrN3O4S. The number of likely N-dealkylation sites (tertiary alicyclic amines) is 1. The summed E-state index contributed by atoms with van der Waals surface area (Å²) >= 11 is 5.53. The molecule has 7 rings (SSSR count). The molecule has 1 N–H and O–H groups in total. The number of benzene rings is 4. The highest BCUT2D eigenvalue weighted by Crippen LogP contribution is 2.68. The van der Waals surface area contributed by atoms with E-state index in [0.29, 0.717) is 31.6 Å². The van der Waals surface area contributed by atoms with Crippen LogP contribution in [0.25, 0.3) is 10.8 Å². The molecule has 1 spiro atoms. The Balaban J connectivity index is 1.32. The number of fused-ring (bicyclic) bond motifs is 2. The fraction of sp³-hybridized carbons (Fsp3) is 0.310. The summed E-state index contributed by atoms with van der Waals surface area (Å²) in [5.74, 6) is -1.99. The van der Waals surface area contributed by atoms with Crippen molar-refractivity contribution in [3.8, 4) is 0 Å². The largest absolute Gasteiger partial charge is 0.394 e. The van der Waals surface area contributed by atoms with Crippen molar-refractivity contribution in [3.05, 3.63) is 140 Å². The second kappa shape index (κ2) is 14.8. The van der Waals surface area contributed by atoms with Crippen molar-refractivity contribution in [2.45, 2.75) is 46.3 Å². The van der Waals surface area contributed by atoms with E-state index in [9.17, 15) is 9.90 Å². The predicted molar refractivity (Wildman–Crippen MR) is 209 cm³/mol. The van der Waals surface area contributed by atoms with Gasteiger partial charge >= 0.3 is 0 Å². The van der Waals surface area contributed by atoms with Gasteiger partial charge in [0.25, 0.3) is 5.91 Å². The van der Waals surface area contributed by atoms with Gasteiger partial charge in [-0.25, -0.2) is 0 Å². The van der Waals surface area contributed by atoms with Crippen LogP contribution in [0.2, 0.25) is 0 Å². The van der Waals surface area contributed by atoms with Crippen molar-refractivity contribution in [1.29, 1.82) is 0 Å². The lowest BCUT2D eigenvalue weighted by molar-refractivity contribution is -0.145. The van der Waals surface area contributed by atoms with Gasteiger partial charge in [-0.15, -0.1) is 24.9 Å². The van der Waals surface area contributed by atoms with Crippen LogP contribution < -0.4 is 4.90 Å². The number of halogens is 1. The maximum absolute atomic E-state index is 15.4. The van der Waals surface area contributed by atoms with Crippen molar-refractivity contribution in [2.24, 2.45) is 11.8 Å². The third-order valence-electron chi connectivity index (χ3n) is 10.7. The molecule has 0 saturated carbocycles. The summed E-state index contributed by atoms with van der Waals surface area (Å²) in [6.07, 6.45) is 4.33. The van der Waals surface area contributed by atoms with Crippen LogP contribution in [0.15, 0.2) is 128 Å². The smallest absolute Gasteiger partial charge is 0.251 e. The van der Waals surface area contributed by atoms with E-state index in [0.717, 1.165) is 21.9 Å². The summed E-state index contributed by atoms with van der Waals surface area (Å²) in [6.45, 7) is 8.53. The normalized spacial score (nSPS) is 25.4. The first-order valence-corrected chi connectivity index (χ1v) is 19.2. The number of rotatable bonds is 13. The molecular weight excluding hydrogens is 722 g/mol. The average molecular weight is 765 g/mol. The SMILES string of the molecule is C=CCN(Cc1ccccc1)C(=O)[C@H]1[C@H]2C(=O)N([C@@H](CO)Cc3ccccc3)C(C(=O)N(CC=C)c3ccc4ccccc4c3)C23CC(Br)[C@@H]1S3. The number of hydrogen-bond donors (Lipinski definition) is 1. The molecule has 3 heterocycles. The number of nitrogens with zero attached hydrogens (tertiary/aromatic N) is 3. The van der Waals surface area contributed by atoms with Crippen LogP contribution >= 0.6 is 27.7 Å². The molecule has 9 heteroatoms. The molecule has 3 aliphatic rings. The van der Waals surface area contributed by atoms with Crippen LogP contribution in [0.1, 0.15) is 17.5 Å². The number of aliphatic hydroxyl groups excluding tert-OH is 1. The monoisotopic (exact) mass is 763 g/mol. The van der Waals surface area contributed by atoms with Crippen molar-refractivity contribution < 1.29 is 19.5 Å². The van der Waals surface area contributed by atoms with Gasteiger partial charge < -0.3 is 19.8 Å². The van der Waals surface area contributed by atoms with E-state index in [-0.39, 0.29) is 41.0 Å². The van der Waals surface area contributed by atoms with E-state index in [4.69, 9.17) is 0 Å². The second-order valence-corrected chi connectivity index (χ2v) is 16.4. The van der Waals surface area contributed by atoms with Crippen LogP contribution in [-0.4, -0.2) is 79.2 Å². The maximum atomic E-state index is 15.4. The average Bonchev–Trinajstić information content (AvgIpc) is 3.76. The van der Waals surface area contributed by atoms with E-state index < -0.39 is 28.7 Å². The van der Waals surface area contributed by atoms with Crippen LogP contribution in [0, 0.1) is 11.8 Å². The third kappa shape index (κ3) is 6.34. The third-order valence-corrected chi connectivity index (χ3v) is 13.9. The molecule has 3 aliphatic heterocycles. The summed E-state index contributed by atoms with van der Waals surface area (Å²) in [5, 5.41) is 12.8. The van der Waals surface area contributed by atoms with E-state index >= 15 is 9.59 Å². The molecule has 7 nitrogen and oxygen atoms in total. The minimum atomic E-state index is -0.919. The van der Waals surface area contributed by atoms with Crippen molar-refractivity contribution in [2.75, 3.05) is 24.6 Å². The number of alkyl halides is 1. The van der Waals surface area contributed by atoms with Crippen molar-refractivity contribution in [3.63, 3.8) is 0 Å². The van der Waals surface area contributed by atoms with Gasteiger partial charge in [-0.05, 0) is 46.9 Å². The molecule has 3 fully saturated rings. The highest BCUT2D eigenvalue weighted by molar-refractivity contribution is 9.09. The zero-order valence-corrected chi connectivity index (χ0v) is 30.8. The molecule has 4 aromatic carbocycles. The predicted octanol–water partition coefficient (Wildman–Crippen LogP) is 6.64. The van der Waals surface area contributed by atoms with E-state index in [1.807, 2.05) is 103 Å². The minimum absolute atomic E-state index is 0.0896. The first kappa shape index (κ1) is 35.2. The molecule has 4 aromatic rings. The summed E-state index contributed by atoms with van der Waals surface area (Å²) < 4.78 is -0.889. The van der Waals surface area contributed by atoms with Crippen LogP contribution in [0.4, 0.5) is 5.69 Å². The lowest BCUT2D eigenvalue weighted by atomic mass is 9.70. The van der Waals surface area contributed by atoms with Crippen LogP contribution in [-0.2, 0) is 27.3 Å². The molecule has 3 unspecified atom stereocenters. The summed E-state index contributed by atoms with van der Waals surface area (Å²) in [4.78, 5) is 50.3. The Hall–Kier alpha value is -4.18. The topological polar surface area (TPSA) is 81.2 Å². The highest BCUT2D eigenvalue weighted by atomic mass is 79.9. The lowest BCUT2D eigenvalue weighted by Gasteiger charge is -2.40. The first-order valence-electron chi connectivity index (χ1n) is 17.4. The van der Waals surface area contributed by atoms with Gasteiger partial charge in [0.15, 0.2) is 0 Å². The molecule has 3 saturated heterocycles. The quantitative estimate of drug-likeness (QED) is 0.122. The Kier molecular flexibility index (Phi) is 10.2. The van der Waals surface area contributed by atoms with Gasteiger partial charge in [0, 0.05) is 35.4 Å². The first-order chi connectivity index (χ1) is 24.8. The number of carbonyl (C=O) groups is 3.